The van der Waals surface area contributed by atoms with Crippen molar-refractivity contribution in [2.24, 2.45) is 7.05 Å². The van der Waals surface area contributed by atoms with Crippen molar-refractivity contribution in [3.05, 3.63) is 63.9 Å². The summed E-state index contributed by atoms with van der Waals surface area (Å²) in [5, 5.41) is 12.8. The number of amides is 1. The molecule has 1 aromatic heterocycles. The van der Waals surface area contributed by atoms with Gasteiger partial charge in [0.05, 0.1) is 22.2 Å². The van der Waals surface area contributed by atoms with Crippen LogP contribution in [0.3, 0.4) is 0 Å². The minimum Gasteiger partial charge on any atom is -0.324 e. The van der Waals surface area contributed by atoms with Gasteiger partial charge in [-0.1, -0.05) is 52.7 Å². The summed E-state index contributed by atoms with van der Waals surface area (Å²) in [7, 11) is 1.90. The first kappa shape index (κ1) is 21.0. The third-order valence-corrected chi connectivity index (χ3v) is 6.43. The molecule has 0 spiro atoms. The van der Waals surface area contributed by atoms with Crippen LogP contribution >= 0.6 is 46.7 Å². The Morgan fingerprint density at radius 3 is 2.57 bits per heavy atom. The van der Waals surface area contributed by atoms with E-state index in [1.54, 1.807) is 30.0 Å². The molecule has 1 N–H and O–H groups in total. The molecule has 146 valence electrons. The SMILES string of the molecule is Cc1ccc(SCc2nnc(SCC(=O)Nc3ccc(Cl)cc3Cl)n2C)cc1. The molecule has 0 aliphatic carbocycles. The van der Waals surface area contributed by atoms with Crippen molar-refractivity contribution in [2.75, 3.05) is 11.1 Å². The summed E-state index contributed by atoms with van der Waals surface area (Å²) in [6.07, 6.45) is 0. The molecule has 5 nitrogen and oxygen atoms in total. The smallest absolute Gasteiger partial charge is 0.234 e. The van der Waals surface area contributed by atoms with Crippen LogP contribution in [0.4, 0.5) is 5.69 Å². The summed E-state index contributed by atoms with van der Waals surface area (Å²) in [5.74, 6) is 1.59. The fourth-order valence-corrected chi connectivity index (χ4v) is 4.35. The average Bonchev–Trinajstić information content (AvgIpc) is 3.02. The van der Waals surface area contributed by atoms with Gasteiger partial charge in [-0.15, -0.1) is 22.0 Å². The standard InChI is InChI=1S/C19H18Cl2N4OS2/c1-12-3-6-14(7-4-12)27-10-17-23-24-19(25(17)2)28-11-18(26)22-16-8-5-13(20)9-15(16)21/h3-9H,10-11H2,1-2H3,(H,22,26). The molecule has 0 aliphatic heterocycles. The largest absolute Gasteiger partial charge is 0.324 e. The molecule has 0 atom stereocenters. The van der Waals surface area contributed by atoms with Gasteiger partial charge in [-0.05, 0) is 37.3 Å². The Morgan fingerprint density at radius 2 is 1.86 bits per heavy atom. The van der Waals surface area contributed by atoms with Crippen LogP contribution in [0.15, 0.2) is 52.5 Å². The molecule has 3 rings (SSSR count). The molecule has 0 fully saturated rings. The van der Waals surface area contributed by atoms with Crippen LogP contribution in [0.1, 0.15) is 11.4 Å². The minimum atomic E-state index is -0.173. The average molecular weight is 453 g/mol. The molecule has 0 unspecified atom stereocenters. The third kappa shape index (κ3) is 5.67. The number of anilines is 1. The zero-order valence-electron chi connectivity index (χ0n) is 15.3. The number of rotatable bonds is 7. The van der Waals surface area contributed by atoms with E-state index >= 15 is 0 Å². The van der Waals surface area contributed by atoms with Gasteiger partial charge >= 0.3 is 0 Å². The quantitative estimate of drug-likeness (QED) is 0.482. The zero-order valence-corrected chi connectivity index (χ0v) is 18.4. The number of carbonyl (C=O) groups excluding carboxylic acids is 1. The van der Waals surface area contributed by atoms with Crippen LogP contribution < -0.4 is 5.32 Å². The van der Waals surface area contributed by atoms with E-state index in [1.165, 1.54) is 22.2 Å². The third-order valence-electron chi connectivity index (χ3n) is 3.85. The predicted octanol–water partition coefficient (Wildman–Crippen LogP) is 5.45. The highest BCUT2D eigenvalue weighted by Crippen LogP contribution is 2.26. The van der Waals surface area contributed by atoms with E-state index in [1.807, 2.05) is 11.6 Å². The number of aromatic nitrogens is 3. The van der Waals surface area contributed by atoms with Crippen molar-refractivity contribution in [1.29, 1.82) is 0 Å². The number of hydrogen-bond acceptors (Lipinski definition) is 5. The van der Waals surface area contributed by atoms with Crippen molar-refractivity contribution < 1.29 is 4.79 Å². The van der Waals surface area contributed by atoms with E-state index in [4.69, 9.17) is 23.2 Å². The molecular formula is C19H18Cl2N4OS2. The number of benzene rings is 2. The fraction of sp³-hybridized carbons (Fsp3) is 0.211. The summed E-state index contributed by atoms with van der Waals surface area (Å²) < 4.78 is 1.91. The number of nitrogens with one attached hydrogen (secondary N) is 1. The van der Waals surface area contributed by atoms with Gasteiger partial charge in [-0.2, -0.15) is 0 Å². The van der Waals surface area contributed by atoms with Gasteiger partial charge in [0, 0.05) is 17.0 Å². The Morgan fingerprint density at radius 1 is 1.11 bits per heavy atom. The number of carbonyl (C=O) groups is 1. The van der Waals surface area contributed by atoms with Crippen molar-refractivity contribution in [2.45, 2.75) is 22.7 Å². The van der Waals surface area contributed by atoms with Crippen LogP contribution in [0, 0.1) is 6.92 Å². The molecule has 1 heterocycles. The summed E-state index contributed by atoms with van der Waals surface area (Å²) in [6.45, 7) is 2.07. The maximum Gasteiger partial charge on any atom is 0.234 e. The lowest BCUT2D eigenvalue weighted by Gasteiger charge is -2.07. The topological polar surface area (TPSA) is 59.8 Å². The highest BCUT2D eigenvalue weighted by molar-refractivity contribution is 7.99. The predicted molar refractivity (Wildman–Crippen MR) is 118 cm³/mol. The van der Waals surface area contributed by atoms with E-state index < -0.39 is 0 Å². The first-order valence-electron chi connectivity index (χ1n) is 8.38. The maximum atomic E-state index is 12.2. The van der Waals surface area contributed by atoms with Gasteiger partial charge < -0.3 is 9.88 Å². The zero-order chi connectivity index (χ0) is 20.1. The number of halogens is 2. The lowest BCUT2D eigenvalue weighted by atomic mass is 10.2. The van der Waals surface area contributed by atoms with Crippen LogP contribution in [-0.4, -0.2) is 26.4 Å². The molecule has 28 heavy (non-hydrogen) atoms. The van der Waals surface area contributed by atoms with E-state index in [9.17, 15) is 4.79 Å². The van der Waals surface area contributed by atoms with Crippen molar-refractivity contribution in [3.63, 3.8) is 0 Å². The Bertz CT molecular complexity index is 977. The molecule has 0 aliphatic rings. The van der Waals surface area contributed by atoms with Gasteiger partial charge in [-0.3, -0.25) is 4.79 Å². The van der Waals surface area contributed by atoms with Crippen LogP contribution in [-0.2, 0) is 17.6 Å². The van der Waals surface area contributed by atoms with Crippen LogP contribution in [0.5, 0.6) is 0 Å². The molecule has 3 aromatic rings. The van der Waals surface area contributed by atoms with Crippen molar-refractivity contribution in [1.82, 2.24) is 14.8 Å². The van der Waals surface area contributed by atoms with Crippen LogP contribution in [0.2, 0.25) is 10.0 Å². The Balaban J connectivity index is 1.53. The number of thioether (sulfide) groups is 2. The summed E-state index contributed by atoms with van der Waals surface area (Å²) in [4.78, 5) is 13.4. The molecule has 0 radical (unpaired) electrons. The lowest BCUT2D eigenvalue weighted by Crippen LogP contribution is -2.14. The van der Waals surface area contributed by atoms with Crippen LogP contribution in [0.25, 0.3) is 0 Å². The van der Waals surface area contributed by atoms with Gasteiger partial charge in [0.2, 0.25) is 5.91 Å². The van der Waals surface area contributed by atoms with Crippen molar-refractivity contribution >= 4 is 58.3 Å². The minimum absolute atomic E-state index is 0.173. The highest BCUT2D eigenvalue weighted by atomic mass is 35.5. The molecule has 2 aromatic carbocycles. The monoisotopic (exact) mass is 452 g/mol. The number of nitrogens with zero attached hydrogens (tertiary/aromatic N) is 3. The van der Waals surface area contributed by atoms with E-state index in [0.717, 1.165) is 5.82 Å². The summed E-state index contributed by atoms with van der Waals surface area (Å²) in [6, 6.07) is 13.3. The second-order valence-corrected chi connectivity index (χ2v) is 8.86. The summed E-state index contributed by atoms with van der Waals surface area (Å²) in [5.41, 5.74) is 1.77. The van der Waals surface area contributed by atoms with E-state index in [-0.39, 0.29) is 11.7 Å². The normalized spacial score (nSPS) is 10.9. The lowest BCUT2D eigenvalue weighted by molar-refractivity contribution is -0.113. The maximum absolute atomic E-state index is 12.2. The molecular weight excluding hydrogens is 435 g/mol. The fourth-order valence-electron chi connectivity index (χ4n) is 2.29. The molecule has 0 saturated heterocycles. The van der Waals surface area contributed by atoms with E-state index in [2.05, 4.69) is 46.7 Å². The van der Waals surface area contributed by atoms with Gasteiger partial charge in [0.25, 0.3) is 0 Å². The Kier molecular flexibility index (Phi) is 7.29. The highest BCUT2D eigenvalue weighted by Gasteiger charge is 2.13. The number of hydrogen-bond donors (Lipinski definition) is 1. The molecule has 0 bridgehead atoms. The molecule has 9 heteroatoms. The molecule has 1 amide bonds. The first-order chi connectivity index (χ1) is 13.4. The summed E-state index contributed by atoms with van der Waals surface area (Å²) >= 11 is 15.0. The second-order valence-electron chi connectivity index (χ2n) is 6.02. The van der Waals surface area contributed by atoms with Gasteiger partial charge in [0.1, 0.15) is 5.82 Å². The van der Waals surface area contributed by atoms with Crippen molar-refractivity contribution in [3.8, 4) is 0 Å². The Labute approximate surface area is 182 Å². The second kappa shape index (κ2) is 9.69. The van der Waals surface area contributed by atoms with Gasteiger partial charge in [-0.25, -0.2) is 0 Å². The van der Waals surface area contributed by atoms with E-state index in [0.29, 0.717) is 26.6 Å². The van der Waals surface area contributed by atoms with Gasteiger partial charge in [0.15, 0.2) is 5.16 Å². The Hall–Kier alpha value is -1.67. The molecule has 0 saturated carbocycles. The first-order valence-corrected chi connectivity index (χ1v) is 11.1. The number of aryl methyl sites for hydroxylation is 1.